The molecule has 0 spiro atoms. The Hall–Kier alpha value is -1.30. The molecule has 0 radical (unpaired) electrons. The summed E-state index contributed by atoms with van der Waals surface area (Å²) in [4.78, 5) is 0. The van der Waals surface area contributed by atoms with E-state index in [9.17, 15) is 8.78 Å². The number of rotatable bonds is 5. The maximum Gasteiger partial charge on any atom is 0.126 e. The predicted octanol–water partition coefficient (Wildman–Crippen LogP) is 3.34. The summed E-state index contributed by atoms with van der Waals surface area (Å²) in [6, 6.07) is 11.1. The summed E-state index contributed by atoms with van der Waals surface area (Å²) in [5.74, 6) is 4.95. The van der Waals surface area contributed by atoms with E-state index < -0.39 is 0 Å². The molecule has 0 fully saturated rings. The summed E-state index contributed by atoms with van der Waals surface area (Å²) in [5.41, 5.74) is 4.05. The topological polar surface area (TPSA) is 38.0 Å². The van der Waals surface area contributed by atoms with E-state index in [1.807, 2.05) is 6.07 Å². The van der Waals surface area contributed by atoms with Gasteiger partial charge in [-0.1, -0.05) is 34.1 Å². The summed E-state index contributed by atoms with van der Waals surface area (Å²) in [6.45, 7) is 0. The average Bonchev–Trinajstić information content (AvgIpc) is 2.39. The lowest BCUT2D eigenvalue weighted by molar-refractivity contribution is 0.505. The van der Waals surface area contributed by atoms with Crippen molar-refractivity contribution in [1.29, 1.82) is 0 Å². The van der Waals surface area contributed by atoms with E-state index in [4.69, 9.17) is 5.84 Å². The van der Waals surface area contributed by atoms with Gasteiger partial charge in [-0.2, -0.15) is 0 Å². The lowest BCUT2D eigenvalue weighted by Gasteiger charge is -2.16. The second kappa shape index (κ2) is 6.92. The number of nitrogens with two attached hydrogens (primary N) is 1. The number of nitrogens with one attached hydrogen (secondary N) is 1. The highest BCUT2D eigenvalue weighted by Crippen LogP contribution is 2.17. The smallest absolute Gasteiger partial charge is 0.126 e. The Morgan fingerprint density at radius 2 is 1.85 bits per heavy atom. The maximum atomic E-state index is 13.6. The number of halogens is 3. The minimum absolute atomic E-state index is 0.166. The van der Waals surface area contributed by atoms with Crippen molar-refractivity contribution >= 4 is 15.9 Å². The minimum atomic E-state index is -0.309. The van der Waals surface area contributed by atoms with Gasteiger partial charge in [-0.3, -0.25) is 11.3 Å². The normalized spacial score (nSPS) is 12.4. The van der Waals surface area contributed by atoms with Gasteiger partial charge >= 0.3 is 0 Å². The fraction of sp³-hybridized carbons (Fsp3) is 0.200. The van der Waals surface area contributed by atoms with E-state index in [-0.39, 0.29) is 17.7 Å². The van der Waals surface area contributed by atoms with E-state index >= 15 is 0 Å². The van der Waals surface area contributed by atoms with Crippen LogP contribution in [-0.2, 0) is 12.8 Å². The molecule has 0 aromatic heterocycles. The van der Waals surface area contributed by atoms with Crippen LogP contribution in [0.4, 0.5) is 8.78 Å². The van der Waals surface area contributed by atoms with Gasteiger partial charge in [0, 0.05) is 10.5 Å². The van der Waals surface area contributed by atoms with E-state index in [0.717, 1.165) is 5.56 Å². The molecule has 0 amide bonds. The van der Waals surface area contributed by atoms with Gasteiger partial charge in [-0.15, -0.1) is 0 Å². The van der Waals surface area contributed by atoms with Crippen LogP contribution in [0.1, 0.15) is 11.1 Å². The number of benzene rings is 2. The molecule has 0 aliphatic rings. The maximum absolute atomic E-state index is 13.6. The highest BCUT2D eigenvalue weighted by atomic mass is 79.9. The second-order valence-electron chi connectivity index (χ2n) is 4.64. The Balaban J connectivity index is 2.11. The van der Waals surface area contributed by atoms with Crippen molar-refractivity contribution in [3.8, 4) is 0 Å². The largest absolute Gasteiger partial charge is 0.271 e. The highest BCUT2D eigenvalue weighted by Gasteiger charge is 2.12. The van der Waals surface area contributed by atoms with Crippen LogP contribution < -0.4 is 11.3 Å². The van der Waals surface area contributed by atoms with Crippen LogP contribution in [-0.4, -0.2) is 6.04 Å². The van der Waals surface area contributed by atoms with Crippen molar-refractivity contribution in [3.05, 3.63) is 69.7 Å². The number of hydrogen-bond acceptors (Lipinski definition) is 2. The predicted molar refractivity (Wildman–Crippen MR) is 79.0 cm³/mol. The Morgan fingerprint density at radius 3 is 2.50 bits per heavy atom. The van der Waals surface area contributed by atoms with Crippen LogP contribution in [0.5, 0.6) is 0 Å². The molecule has 0 aliphatic carbocycles. The second-order valence-corrected chi connectivity index (χ2v) is 5.56. The number of hydrazine groups is 1. The molecule has 1 atom stereocenters. The van der Waals surface area contributed by atoms with Crippen LogP contribution >= 0.6 is 15.9 Å². The van der Waals surface area contributed by atoms with Gasteiger partial charge in [0.2, 0.25) is 0 Å². The standard InChI is InChI=1S/C15H15BrF2N2/c16-12-5-10(6-13(17)9-12)7-14(20-19)8-11-3-1-2-4-15(11)18/h1-6,9,14,20H,7-8,19H2. The molecule has 5 heteroatoms. The van der Waals surface area contributed by atoms with E-state index in [2.05, 4.69) is 21.4 Å². The summed E-state index contributed by atoms with van der Waals surface area (Å²) < 4.78 is 27.6. The molecule has 0 bridgehead atoms. The zero-order chi connectivity index (χ0) is 14.5. The molecule has 2 nitrogen and oxygen atoms in total. The first-order chi connectivity index (χ1) is 9.58. The zero-order valence-electron chi connectivity index (χ0n) is 10.7. The summed E-state index contributed by atoms with van der Waals surface area (Å²) in [6.07, 6.45) is 0.957. The van der Waals surface area contributed by atoms with Gasteiger partial charge in [-0.05, 0) is 48.2 Å². The van der Waals surface area contributed by atoms with Crippen molar-refractivity contribution < 1.29 is 8.78 Å². The first-order valence-corrected chi connectivity index (χ1v) is 7.02. The van der Waals surface area contributed by atoms with Crippen LogP contribution in [0.3, 0.4) is 0 Å². The lowest BCUT2D eigenvalue weighted by Crippen LogP contribution is -2.38. The molecule has 0 heterocycles. The quantitative estimate of drug-likeness (QED) is 0.647. The summed E-state index contributed by atoms with van der Waals surface area (Å²) >= 11 is 3.25. The first-order valence-electron chi connectivity index (χ1n) is 6.23. The summed E-state index contributed by atoms with van der Waals surface area (Å²) in [5, 5.41) is 0. The molecular weight excluding hydrogens is 326 g/mol. The summed E-state index contributed by atoms with van der Waals surface area (Å²) in [7, 11) is 0. The Morgan fingerprint density at radius 1 is 1.10 bits per heavy atom. The number of hydrogen-bond donors (Lipinski definition) is 2. The lowest BCUT2D eigenvalue weighted by atomic mass is 9.99. The molecule has 0 aliphatic heterocycles. The van der Waals surface area contributed by atoms with Gasteiger partial charge in [0.15, 0.2) is 0 Å². The van der Waals surface area contributed by atoms with E-state index in [1.54, 1.807) is 18.2 Å². The average molecular weight is 341 g/mol. The third-order valence-corrected chi connectivity index (χ3v) is 3.52. The molecule has 20 heavy (non-hydrogen) atoms. The fourth-order valence-corrected chi connectivity index (χ4v) is 2.65. The van der Waals surface area contributed by atoms with Crippen LogP contribution in [0.2, 0.25) is 0 Å². The Bertz CT molecular complexity index is 570. The molecular formula is C15H15BrF2N2. The fourth-order valence-electron chi connectivity index (χ4n) is 2.13. The van der Waals surface area contributed by atoms with Gasteiger partial charge in [0.25, 0.3) is 0 Å². The highest BCUT2D eigenvalue weighted by molar-refractivity contribution is 9.10. The molecule has 2 aromatic carbocycles. The van der Waals surface area contributed by atoms with Crippen molar-refractivity contribution in [2.45, 2.75) is 18.9 Å². The van der Waals surface area contributed by atoms with E-state index in [1.165, 1.54) is 18.2 Å². The van der Waals surface area contributed by atoms with Gasteiger partial charge in [0.1, 0.15) is 11.6 Å². The van der Waals surface area contributed by atoms with E-state index in [0.29, 0.717) is 22.9 Å². The molecule has 2 rings (SSSR count). The van der Waals surface area contributed by atoms with Crippen LogP contribution in [0.25, 0.3) is 0 Å². The van der Waals surface area contributed by atoms with Gasteiger partial charge < -0.3 is 0 Å². The minimum Gasteiger partial charge on any atom is -0.271 e. The van der Waals surface area contributed by atoms with Crippen LogP contribution in [0, 0.1) is 11.6 Å². The van der Waals surface area contributed by atoms with Crippen molar-refractivity contribution in [1.82, 2.24) is 5.43 Å². The van der Waals surface area contributed by atoms with Gasteiger partial charge in [0.05, 0.1) is 0 Å². The van der Waals surface area contributed by atoms with Crippen LogP contribution in [0.15, 0.2) is 46.9 Å². The van der Waals surface area contributed by atoms with Crippen molar-refractivity contribution in [2.24, 2.45) is 5.84 Å². The molecule has 3 N–H and O–H groups in total. The SMILES string of the molecule is NNC(Cc1cc(F)cc(Br)c1)Cc1ccccc1F. The Kier molecular flexibility index (Phi) is 5.23. The zero-order valence-corrected chi connectivity index (χ0v) is 12.3. The molecule has 106 valence electrons. The Labute approximate surface area is 125 Å². The monoisotopic (exact) mass is 340 g/mol. The van der Waals surface area contributed by atoms with Crippen molar-refractivity contribution in [3.63, 3.8) is 0 Å². The van der Waals surface area contributed by atoms with Gasteiger partial charge in [-0.25, -0.2) is 8.78 Å². The third-order valence-electron chi connectivity index (χ3n) is 3.06. The van der Waals surface area contributed by atoms with Crippen molar-refractivity contribution in [2.75, 3.05) is 0 Å². The third kappa shape index (κ3) is 4.10. The molecule has 2 aromatic rings. The molecule has 1 unspecified atom stereocenters. The molecule has 0 saturated heterocycles. The first kappa shape index (κ1) is 15.1. The molecule has 0 saturated carbocycles.